The van der Waals surface area contributed by atoms with E-state index in [4.69, 9.17) is 9.47 Å². The Morgan fingerprint density at radius 3 is 2.38 bits per heavy atom. The van der Waals surface area contributed by atoms with Crippen LogP contribution in [0, 0.1) is 5.92 Å². The van der Waals surface area contributed by atoms with Crippen LogP contribution in [-0.2, 0) is 16.0 Å². The molecule has 1 heterocycles. The van der Waals surface area contributed by atoms with E-state index < -0.39 is 0 Å². The predicted molar refractivity (Wildman–Crippen MR) is 156 cm³/mol. The van der Waals surface area contributed by atoms with Crippen LogP contribution in [0.4, 0.5) is 11.4 Å². The number of para-hydroxylation sites is 1. The van der Waals surface area contributed by atoms with E-state index in [1.54, 1.807) is 18.2 Å². The topological polar surface area (TPSA) is 79.9 Å². The zero-order chi connectivity index (χ0) is 27.3. The van der Waals surface area contributed by atoms with Crippen molar-refractivity contribution in [3.63, 3.8) is 0 Å². The van der Waals surface area contributed by atoms with Crippen LogP contribution >= 0.6 is 0 Å². The zero-order valence-electron chi connectivity index (χ0n) is 22.7. The van der Waals surface area contributed by atoms with Gasteiger partial charge < -0.3 is 25.0 Å². The maximum atomic E-state index is 13.3. The molecule has 1 aliphatic heterocycles. The third-order valence-electron chi connectivity index (χ3n) is 6.92. The Balaban J connectivity index is 1.41. The average Bonchev–Trinajstić information content (AvgIpc) is 2.97. The second kappa shape index (κ2) is 14.9. The van der Waals surface area contributed by atoms with E-state index in [0.717, 1.165) is 44.5 Å². The lowest BCUT2D eigenvalue weighted by Crippen LogP contribution is -2.36. The van der Waals surface area contributed by atoms with E-state index in [0.29, 0.717) is 42.7 Å². The molecular formula is C32H39N3O4. The van der Waals surface area contributed by atoms with Crippen molar-refractivity contribution in [2.45, 2.75) is 32.6 Å². The maximum absolute atomic E-state index is 13.3. The Bertz CT molecular complexity index is 1180. The standard InChI is InChI=1S/C32H39N3O4/c1-2-38-21-9-18-33-32(37)29-23-27(34-31(36)24-39-28-12-7-4-8-13-28)14-15-30(29)35-19-16-26(17-20-35)22-25-10-5-3-6-11-25/h3-8,10-15,23,26H,2,9,16-22,24H2,1H3,(H,33,37)(H,34,36). The minimum atomic E-state index is -0.281. The lowest BCUT2D eigenvalue weighted by molar-refractivity contribution is -0.118. The summed E-state index contributed by atoms with van der Waals surface area (Å²) in [7, 11) is 0. The van der Waals surface area contributed by atoms with Crippen LogP contribution in [0.2, 0.25) is 0 Å². The van der Waals surface area contributed by atoms with Crippen LogP contribution in [0.5, 0.6) is 5.75 Å². The van der Waals surface area contributed by atoms with E-state index in [9.17, 15) is 9.59 Å². The summed E-state index contributed by atoms with van der Waals surface area (Å²) in [6.45, 7) is 5.42. The molecule has 0 aromatic heterocycles. The van der Waals surface area contributed by atoms with Gasteiger partial charge in [-0.25, -0.2) is 0 Å². The highest BCUT2D eigenvalue weighted by Crippen LogP contribution is 2.30. The van der Waals surface area contributed by atoms with Crippen molar-refractivity contribution in [2.24, 2.45) is 5.92 Å². The van der Waals surface area contributed by atoms with Gasteiger partial charge in [0.05, 0.1) is 5.56 Å². The van der Waals surface area contributed by atoms with Gasteiger partial charge in [0.2, 0.25) is 0 Å². The van der Waals surface area contributed by atoms with Gasteiger partial charge in [-0.15, -0.1) is 0 Å². The number of carbonyl (C=O) groups excluding carboxylic acids is 2. The predicted octanol–water partition coefficient (Wildman–Crippen LogP) is 5.32. The minimum absolute atomic E-state index is 0.111. The summed E-state index contributed by atoms with van der Waals surface area (Å²) in [5.41, 5.74) is 3.40. The first-order valence-electron chi connectivity index (χ1n) is 13.9. The highest BCUT2D eigenvalue weighted by atomic mass is 16.5. The van der Waals surface area contributed by atoms with Crippen LogP contribution in [0.3, 0.4) is 0 Å². The van der Waals surface area contributed by atoms with Crippen molar-refractivity contribution in [2.75, 3.05) is 49.7 Å². The Morgan fingerprint density at radius 2 is 1.67 bits per heavy atom. The molecule has 0 bridgehead atoms. The van der Waals surface area contributed by atoms with Crippen molar-refractivity contribution in [1.82, 2.24) is 5.32 Å². The molecule has 3 aromatic rings. The summed E-state index contributed by atoms with van der Waals surface area (Å²) in [5.74, 6) is 0.828. The number of nitrogens with one attached hydrogen (secondary N) is 2. The number of piperidine rings is 1. The molecule has 0 spiro atoms. The third-order valence-corrected chi connectivity index (χ3v) is 6.92. The SMILES string of the molecule is CCOCCCNC(=O)c1cc(NC(=O)COc2ccccc2)ccc1N1CCC(Cc2ccccc2)CC1. The minimum Gasteiger partial charge on any atom is -0.484 e. The molecule has 7 nitrogen and oxygen atoms in total. The fourth-order valence-electron chi connectivity index (χ4n) is 4.88. The van der Waals surface area contributed by atoms with Crippen LogP contribution in [0.1, 0.15) is 42.1 Å². The van der Waals surface area contributed by atoms with E-state index in [1.807, 2.05) is 37.3 Å². The number of ether oxygens (including phenoxy) is 2. The Kier molecular flexibility index (Phi) is 10.8. The van der Waals surface area contributed by atoms with Crippen molar-refractivity contribution < 1.29 is 19.1 Å². The maximum Gasteiger partial charge on any atom is 0.262 e. The van der Waals surface area contributed by atoms with Crippen molar-refractivity contribution >= 4 is 23.2 Å². The zero-order valence-corrected chi connectivity index (χ0v) is 22.7. The summed E-state index contributed by atoms with van der Waals surface area (Å²) >= 11 is 0. The number of hydrogen-bond donors (Lipinski definition) is 2. The lowest BCUT2D eigenvalue weighted by Gasteiger charge is -2.35. The van der Waals surface area contributed by atoms with Gasteiger partial charge >= 0.3 is 0 Å². The molecule has 1 saturated heterocycles. The molecule has 1 aliphatic rings. The fourth-order valence-corrected chi connectivity index (χ4v) is 4.88. The largest absolute Gasteiger partial charge is 0.484 e. The number of nitrogens with zero attached hydrogens (tertiary/aromatic N) is 1. The first-order valence-corrected chi connectivity index (χ1v) is 13.9. The van der Waals surface area contributed by atoms with Gasteiger partial charge in [0.1, 0.15) is 5.75 Å². The third kappa shape index (κ3) is 8.86. The van der Waals surface area contributed by atoms with Crippen LogP contribution in [0.25, 0.3) is 0 Å². The van der Waals surface area contributed by atoms with Gasteiger partial charge in [-0.2, -0.15) is 0 Å². The first-order chi connectivity index (χ1) is 19.1. The molecule has 4 rings (SSSR count). The van der Waals surface area contributed by atoms with Gasteiger partial charge in [0.25, 0.3) is 11.8 Å². The van der Waals surface area contributed by atoms with Gasteiger partial charge in [-0.05, 0) is 74.4 Å². The highest BCUT2D eigenvalue weighted by Gasteiger charge is 2.24. The highest BCUT2D eigenvalue weighted by molar-refractivity contribution is 6.02. The van der Waals surface area contributed by atoms with Crippen molar-refractivity contribution in [3.8, 4) is 5.75 Å². The molecule has 206 valence electrons. The van der Waals surface area contributed by atoms with E-state index >= 15 is 0 Å². The number of rotatable bonds is 13. The van der Waals surface area contributed by atoms with Crippen molar-refractivity contribution in [3.05, 3.63) is 90.0 Å². The molecule has 2 N–H and O–H groups in total. The Labute approximate surface area is 231 Å². The molecule has 0 saturated carbocycles. The van der Waals surface area contributed by atoms with Crippen LogP contribution in [0.15, 0.2) is 78.9 Å². The summed E-state index contributed by atoms with van der Waals surface area (Å²) < 4.78 is 11.0. The monoisotopic (exact) mass is 529 g/mol. The fraction of sp³-hybridized carbons (Fsp3) is 0.375. The molecule has 1 fully saturated rings. The second-order valence-electron chi connectivity index (χ2n) is 9.81. The quantitative estimate of drug-likeness (QED) is 0.293. The number of carbonyl (C=O) groups is 2. The summed E-state index contributed by atoms with van der Waals surface area (Å²) in [4.78, 5) is 28.1. The van der Waals surface area contributed by atoms with Gasteiger partial charge in [0, 0.05) is 44.2 Å². The Morgan fingerprint density at radius 1 is 0.949 bits per heavy atom. The lowest BCUT2D eigenvalue weighted by atomic mass is 9.89. The van der Waals surface area contributed by atoms with Crippen LogP contribution in [-0.4, -0.2) is 51.3 Å². The normalized spacial score (nSPS) is 13.6. The summed E-state index contributed by atoms with van der Waals surface area (Å²) in [6, 6.07) is 25.4. The van der Waals surface area contributed by atoms with Crippen LogP contribution < -0.4 is 20.3 Å². The molecule has 7 heteroatoms. The number of anilines is 2. The Hall–Kier alpha value is -3.84. The second-order valence-corrected chi connectivity index (χ2v) is 9.81. The molecule has 0 radical (unpaired) electrons. The summed E-state index contributed by atoms with van der Waals surface area (Å²) in [5, 5.41) is 5.90. The number of hydrogen-bond acceptors (Lipinski definition) is 5. The van der Waals surface area contributed by atoms with Gasteiger partial charge in [-0.1, -0.05) is 48.5 Å². The van der Waals surface area contributed by atoms with Crippen molar-refractivity contribution in [1.29, 1.82) is 0 Å². The molecule has 3 aromatic carbocycles. The molecular weight excluding hydrogens is 490 g/mol. The van der Waals surface area contributed by atoms with E-state index in [1.165, 1.54) is 5.56 Å². The van der Waals surface area contributed by atoms with E-state index in [2.05, 4.69) is 45.9 Å². The molecule has 2 amide bonds. The van der Waals surface area contributed by atoms with E-state index in [-0.39, 0.29) is 18.4 Å². The first kappa shape index (κ1) is 28.2. The smallest absolute Gasteiger partial charge is 0.262 e. The molecule has 0 atom stereocenters. The molecule has 39 heavy (non-hydrogen) atoms. The van der Waals surface area contributed by atoms with Gasteiger partial charge in [-0.3, -0.25) is 9.59 Å². The molecule has 0 unspecified atom stereocenters. The summed E-state index contributed by atoms with van der Waals surface area (Å²) in [6.07, 6.45) is 3.96. The van der Waals surface area contributed by atoms with Gasteiger partial charge in [0.15, 0.2) is 6.61 Å². The average molecular weight is 530 g/mol. The number of benzene rings is 3. The number of amides is 2. The molecule has 0 aliphatic carbocycles.